The molecule has 148 valence electrons. The van der Waals surface area contributed by atoms with Crippen LogP contribution in [0.15, 0.2) is 60.7 Å². The first-order chi connectivity index (χ1) is 14.0. The van der Waals surface area contributed by atoms with Gasteiger partial charge in [-0.3, -0.25) is 4.79 Å². The first-order valence-electron chi connectivity index (χ1n) is 9.07. The molecule has 1 amide bonds. The van der Waals surface area contributed by atoms with Crippen molar-refractivity contribution < 1.29 is 9.53 Å². The number of fused-ring (bicyclic) bond motifs is 2. The number of anilines is 2. The van der Waals surface area contributed by atoms with Gasteiger partial charge in [-0.2, -0.15) is 0 Å². The highest BCUT2D eigenvalue weighted by atomic mass is 16.5. The SMILES string of the molecule is COc1ccc2[nH]c(C(=O)Nc3ccc4c(NNC(N)N)cccc4c3)cc2c1. The number of H-pyrrole nitrogens is 1. The Kier molecular flexibility index (Phi) is 5.05. The van der Waals surface area contributed by atoms with Crippen molar-refractivity contribution in [2.45, 2.75) is 6.29 Å². The van der Waals surface area contributed by atoms with Crippen LogP contribution >= 0.6 is 0 Å². The number of carbonyl (C=O) groups is 1. The van der Waals surface area contributed by atoms with Crippen LogP contribution in [0.25, 0.3) is 21.7 Å². The van der Waals surface area contributed by atoms with Crippen molar-refractivity contribution in [1.29, 1.82) is 0 Å². The second kappa shape index (κ2) is 7.80. The molecule has 4 aromatic rings. The molecule has 3 aromatic carbocycles. The number of benzene rings is 3. The molecule has 0 radical (unpaired) electrons. The highest BCUT2D eigenvalue weighted by molar-refractivity contribution is 6.07. The molecule has 29 heavy (non-hydrogen) atoms. The monoisotopic (exact) mass is 390 g/mol. The highest BCUT2D eigenvalue weighted by Crippen LogP contribution is 2.26. The van der Waals surface area contributed by atoms with E-state index in [2.05, 4.69) is 21.2 Å². The van der Waals surface area contributed by atoms with Crippen LogP contribution in [0, 0.1) is 0 Å². The largest absolute Gasteiger partial charge is 0.497 e. The molecular weight excluding hydrogens is 368 g/mol. The number of carbonyl (C=O) groups excluding carboxylic acids is 1. The fourth-order valence-electron chi connectivity index (χ4n) is 3.19. The van der Waals surface area contributed by atoms with Crippen molar-refractivity contribution in [1.82, 2.24) is 10.4 Å². The quantitative estimate of drug-likeness (QED) is 0.222. The van der Waals surface area contributed by atoms with Crippen molar-refractivity contribution in [3.8, 4) is 5.75 Å². The number of aromatic amines is 1. The van der Waals surface area contributed by atoms with Crippen LogP contribution in [0.1, 0.15) is 10.5 Å². The van der Waals surface area contributed by atoms with Gasteiger partial charge in [0.15, 0.2) is 0 Å². The second-order valence-corrected chi connectivity index (χ2v) is 6.63. The smallest absolute Gasteiger partial charge is 0.272 e. The number of nitrogens with two attached hydrogens (primary N) is 2. The molecule has 0 aliphatic heterocycles. The first-order valence-corrected chi connectivity index (χ1v) is 9.07. The Balaban J connectivity index is 1.56. The first kappa shape index (κ1) is 18.8. The van der Waals surface area contributed by atoms with Gasteiger partial charge in [-0.15, -0.1) is 0 Å². The highest BCUT2D eigenvalue weighted by Gasteiger charge is 2.11. The third-order valence-corrected chi connectivity index (χ3v) is 4.58. The van der Waals surface area contributed by atoms with Crippen molar-refractivity contribution in [3.63, 3.8) is 0 Å². The van der Waals surface area contributed by atoms with E-state index in [1.165, 1.54) is 0 Å². The number of hydrazine groups is 1. The van der Waals surface area contributed by atoms with E-state index in [1.807, 2.05) is 54.6 Å². The maximum atomic E-state index is 12.7. The van der Waals surface area contributed by atoms with Gasteiger partial charge in [-0.25, -0.2) is 5.43 Å². The topological polar surface area (TPSA) is 130 Å². The van der Waals surface area contributed by atoms with Gasteiger partial charge in [-0.1, -0.05) is 18.2 Å². The molecule has 0 saturated carbocycles. The Hall–Kier alpha value is -3.59. The summed E-state index contributed by atoms with van der Waals surface area (Å²) < 4.78 is 5.23. The maximum absolute atomic E-state index is 12.7. The number of ether oxygens (including phenoxy) is 1. The lowest BCUT2D eigenvalue weighted by Gasteiger charge is -2.14. The molecule has 0 fully saturated rings. The molecule has 0 bridgehead atoms. The van der Waals surface area contributed by atoms with E-state index in [0.29, 0.717) is 11.4 Å². The molecule has 0 aliphatic rings. The van der Waals surface area contributed by atoms with Gasteiger partial charge in [0.25, 0.3) is 5.91 Å². The molecule has 8 nitrogen and oxygen atoms in total. The van der Waals surface area contributed by atoms with Crippen LogP contribution in [0.4, 0.5) is 11.4 Å². The van der Waals surface area contributed by atoms with Crippen molar-refractivity contribution >= 4 is 39.0 Å². The van der Waals surface area contributed by atoms with E-state index in [-0.39, 0.29) is 5.91 Å². The zero-order valence-electron chi connectivity index (χ0n) is 15.8. The van der Waals surface area contributed by atoms with E-state index < -0.39 is 6.29 Å². The van der Waals surface area contributed by atoms with Gasteiger partial charge < -0.3 is 31.9 Å². The van der Waals surface area contributed by atoms with E-state index in [4.69, 9.17) is 16.2 Å². The molecule has 0 atom stereocenters. The number of amides is 1. The van der Waals surface area contributed by atoms with Crippen LogP contribution in [-0.2, 0) is 0 Å². The normalized spacial score (nSPS) is 11.2. The third kappa shape index (κ3) is 3.99. The van der Waals surface area contributed by atoms with Crippen LogP contribution < -0.4 is 32.4 Å². The van der Waals surface area contributed by atoms with E-state index >= 15 is 0 Å². The summed E-state index contributed by atoms with van der Waals surface area (Å²) >= 11 is 0. The number of aromatic nitrogens is 1. The molecular formula is C21H22N6O2. The molecule has 4 rings (SSSR count). The molecule has 1 heterocycles. The number of hydrogen-bond donors (Lipinski definition) is 6. The van der Waals surface area contributed by atoms with E-state index in [0.717, 1.165) is 33.1 Å². The maximum Gasteiger partial charge on any atom is 0.272 e. The summed E-state index contributed by atoms with van der Waals surface area (Å²) in [5, 5.41) is 5.77. The number of nitrogens with one attached hydrogen (secondary N) is 4. The summed E-state index contributed by atoms with van der Waals surface area (Å²) in [6.45, 7) is 0. The zero-order valence-corrected chi connectivity index (χ0v) is 15.8. The van der Waals surface area contributed by atoms with Crippen molar-refractivity contribution in [2.75, 3.05) is 17.9 Å². The van der Waals surface area contributed by atoms with Gasteiger partial charge in [0.05, 0.1) is 12.8 Å². The molecule has 0 saturated heterocycles. The molecule has 0 aliphatic carbocycles. The summed E-state index contributed by atoms with van der Waals surface area (Å²) in [4.78, 5) is 15.8. The minimum Gasteiger partial charge on any atom is -0.497 e. The van der Waals surface area contributed by atoms with Gasteiger partial charge in [0.2, 0.25) is 0 Å². The average Bonchev–Trinajstić information content (AvgIpc) is 3.15. The minimum atomic E-state index is -0.680. The Morgan fingerprint density at radius 1 is 1.03 bits per heavy atom. The molecule has 8 heteroatoms. The second-order valence-electron chi connectivity index (χ2n) is 6.63. The summed E-state index contributed by atoms with van der Waals surface area (Å²) in [6, 6.07) is 18.9. The lowest BCUT2D eigenvalue weighted by atomic mass is 10.1. The van der Waals surface area contributed by atoms with Crippen molar-refractivity contribution in [2.24, 2.45) is 11.5 Å². The third-order valence-electron chi connectivity index (χ3n) is 4.58. The van der Waals surface area contributed by atoms with Gasteiger partial charge in [0, 0.05) is 22.0 Å². The predicted octanol–water partition coefficient (Wildman–Crippen LogP) is 2.70. The standard InChI is InChI=1S/C21H22N6O2/c1-29-15-6-8-17-13(10-15)11-19(25-17)20(28)24-14-5-7-16-12(9-14)3-2-4-18(16)26-27-21(22)23/h2-11,21,25-27H,22-23H2,1H3,(H,24,28). The summed E-state index contributed by atoms with van der Waals surface area (Å²) in [5.74, 6) is 0.525. The number of rotatable bonds is 6. The van der Waals surface area contributed by atoms with E-state index in [9.17, 15) is 4.79 Å². The van der Waals surface area contributed by atoms with E-state index in [1.54, 1.807) is 13.2 Å². The fourth-order valence-corrected chi connectivity index (χ4v) is 3.19. The summed E-state index contributed by atoms with van der Waals surface area (Å²) in [5.41, 5.74) is 19.7. The Morgan fingerprint density at radius 3 is 2.69 bits per heavy atom. The summed E-state index contributed by atoms with van der Waals surface area (Å²) in [6.07, 6.45) is -0.680. The van der Waals surface area contributed by atoms with Crippen LogP contribution in [-0.4, -0.2) is 24.3 Å². The molecule has 0 spiro atoms. The fraction of sp³-hybridized carbons (Fsp3) is 0.0952. The molecule has 0 unspecified atom stereocenters. The number of hydrogen-bond acceptors (Lipinski definition) is 6. The van der Waals surface area contributed by atoms with Crippen LogP contribution in [0.2, 0.25) is 0 Å². The predicted molar refractivity (Wildman–Crippen MR) is 116 cm³/mol. The van der Waals surface area contributed by atoms with Crippen molar-refractivity contribution in [3.05, 3.63) is 66.4 Å². The lowest BCUT2D eigenvalue weighted by Crippen LogP contribution is -2.48. The Morgan fingerprint density at radius 2 is 1.90 bits per heavy atom. The summed E-state index contributed by atoms with van der Waals surface area (Å²) in [7, 11) is 1.61. The Labute approximate surface area is 167 Å². The minimum absolute atomic E-state index is 0.218. The van der Waals surface area contributed by atoms with Gasteiger partial charge >= 0.3 is 0 Å². The van der Waals surface area contributed by atoms with Crippen LogP contribution in [0.3, 0.4) is 0 Å². The zero-order chi connectivity index (χ0) is 20.4. The van der Waals surface area contributed by atoms with Gasteiger partial charge in [-0.05, 0) is 47.9 Å². The Bertz CT molecular complexity index is 1180. The average molecular weight is 390 g/mol. The molecule has 8 N–H and O–H groups in total. The van der Waals surface area contributed by atoms with Crippen LogP contribution in [0.5, 0.6) is 5.75 Å². The number of methoxy groups -OCH3 is 1. The molecule has 1 aromatic heterocycles. The lowest BCUT2D eigenvalue weighted by molar-refractivity contribution is 0.102. The van der Waals surface area contributed by atoms with Gasteiger partial charge in [0.1, 0.15) is 17.7 Å².